The zero-order chi connectivity index (χ0) is 16.3. The first-order valence-electron chi connectivity index (χ1n) is 7.65. The lowest BCUT2D eigenvalue weighted by atomic mass is 9.86. The molecule has 0 aliphatic carbocycles. The van der Waals surface area contributed by atoms with E-state index in [9.17, 15) is 4.79 Å². The molecule has 1 aromatic carbocycles. The van der Waals surface area contributed by atoms with E-state index in [1.54, 1.807) is 11.3 Å². The van der Waals surface area contributed by atoms with Crippen LogP contribution < -0.4 is 10.9 Å². The van der Waals surface area contributed by atoms with E-state index in [2.05, 4.69) is 21.6 Å². The fourth-order valence-corrected chi connectivity index (χ4v) is 4.29. The van der Waals surface area contributed by atoms with Crippen LogP contribution in [0.4, 0.5) is 11.5 Å². The van der Waals surface area contributed by atoms with E-state index in [4.69, 9.17) is 4.42 Å². The van der Waals surface area contributed by atoms with Gasteiger partial charge in [0.2, 0.25) is 0 Å². The van der Waals surface area contributed by atoms with Gasteiger partial charge in [-0.2, -0.15) is 5.10 Å². The zero-order valence-electron chi connectivity index (χ0n) is 12.8. The highest BCUT2D eigenvalue weighted by atomic mass is 32.1. The van der Waals surface area contributed by atoms with Crippen molar-refractivity contribution in [1.82, 2.24) is 10.2 Å². The molecule has 0 fully saturated rings. The van der Waals surface area contributed by atoms with Crippen LogP contribution in [0.2, 0.25) is 0 Å². The lowest BCUT2D eigenvalue weighted by Gasteiger charge is -2.25. The van der Waals surface area contributed by atoms with Crippen LogP contribution in [-0.2, 0) is 0 Å². The van der Waals surface area contributed by atoms with Crippen LogP contribution >= 0.6 is 11.3 Å². The number of aromatic amines is 1. The minimum absolute atomic E-state index is 0.171. The normalized spacial score (nSPS) is 15.8. The van der Waals surface area contributed by atoms with Crippen LogP contribution in [0.5, 0.6) is 0 Å². The Morgan fingerprint density at radius 3 is 2.88 bits per heavy atom. The molecule has 4 aromatic rings. The lowest BCUT2D eigenvalue weighted by Crippen LogP contribution is -2.22. The number of nitrogens with zero attached hydrogens (tertiary/aromatic N) is 1. The number of H-pyrrole nitrogens is 1. The Kier molecular flexibility index (Phi) is 2.72. The van der Waals surface area contributed by atoms with Crippen LogP contribution in [0.25, 0.3) is 11.0 Å². The first-order chi connectivity index (χ1) is 11.7. The smallest absolute Gasteiger partial charge is 0.342 e. The average molecular weight is 335 g/mol. The van der Waals surface area contributed by atoms with Crippen LogP contribution in [0, 0.1) is 6.92 Å². The Morgan fingerprint density at radius 2 is 2.04 bits per heavy atom. The van der Waals surface area contributed by atoms with Gasteiger partial charge in [-0.3, -0.25) is 5.10 Å². The second-order valence-electron chi connectivity index (χ2n) is 5.86. The molecule has 0 saturated carbocycles. The maximum atomic E-state index is 12.8. The maximum Gasteiger partial charge on any atom is 0.342 e. The number of hydrogen-bond acceptors (Lipinski definition) is 5. The molecule has 0 radical (unpaired) electrons. The fourth-order valence-electron chi connectivity index (χ4n) is 3.45. The Bertz CT molecular complexity index is 1130. The Morgan fingerprint density at radius 1 is 1.17 bits per heavy atom. The fraction of sp³-hybridized carbons (Fsp3) is 0.111. The zero-order valence-corrected chi connectivity index (χ0v) is 13.6. The molecule has 0 amide bonds. The molecular formula is C18H13N3O2S. The summed E-state index contributed by atoms with van der Waals surface area (Å²) in [5.74, 6) is 0.602. The third-order valence-electron chi connectivity index (χ3n) is 4.49. The number of anilines is 2. The number of aromatic nitrogens is 2. The van der Waals surface area contributed by atoms with Gasteiger partial charge in [0.05, 0.1) is 17.2 Å². The monoisotopic (exact) mass is 335 g/mol. The second-order valence-corrected chi connectivity index (χ2v) is 6.84. The molecule has 1 atom stereocenters. The van der Waals surface area contributed by atoms with E-state index in [0.717, 1.165) is 33.0 Å². The molecule has 3 aromatic heterocycles. The van der Waals surface area contributed by atoms with Crippen molar-refractivity contribution in [1.29, 1.82) is 0 Å². The minimum atomic E-state index is -0.305. The summed E-state index contributed by atoms with van der Waals surface area (Å²) >= 11 is 1.63. The maximum absolute atomic E-state index is 12.8. The van der Waals surface area contributed by atoms with E-state index in [0.29, 0.717) is 11.1 Å². The Hall–Kier alpha value is -2.86. The molecule has 2 N–H and O–H groups in total. The number of rotatable bonds is 1. The van der Waals surface area contributed by atoms with Crippen molar-refractivity contribution in [2.45, 2.75) is 12.8 Å². The summed E-state index contributed by atoms with van der Waals surface area (Å²) in [6, 6.07) is 11.6. The lowest BCUT2D eigenvalue weighted by molar-refractivity contribution is 0.549. The highest BCUT2D eigenvalue weighted by molar-refractivity contribution is 7.10. The molecule has 4 heterocycles. The molecule has 1 aliphatic heterocycles. The van der Waals surface area contributed by atoms with Crippen molar-refractivity contribution in [2.24, 2.45) is 0 Å². The summed E-state index contributed by atoms with van der Waals surface area (Å²) in [5, 5.41) is 13.7. The SMILES string of the molecule is Cc1[nH]nc2c1C(c1cccs1)c1c(c3ccccc3oc1=O)N2. The Labute approximate surface area is 141 Å². The highest BCUT2D eigenvalue weighted by Gasteiger charge is 2.35. The molecule has 6 heteroatoms. The van der Waals surface area contributed by atoms with Crippen molar-refractivity contribution in [3.63, 3.8) is 0 Å². The van der Waals surface area contributed by atoms with Crippen LogP contribution in [0.1, 0.15) is 27.6 Å². The predicted octanol–water partition coefficient (Wildman–Crippen LogP) is 4.12. The number of fused-ring (bicyclic) bond motifs is 4. The van der Waals surface area contributed by atoms with Crippen LogP contribution in [0.15, 0.2) is 51.0 Å². The van der Waals surface area contributed by atoms with Gasteiger partial charge in [0.25, 0.3) is 0 Å². The van der Waals surface area contributed by atoms with Crippen molar-refractivity contribution in [2.75, 3.05) is 5.32 Å². The molecular weight excluding hydrogens is 322 g/mol. The summed E-state index contributed by atoms with van der Waals surface area (Å²) in [5.41, 5.74) is 3.67. The van der Waals surface area contributed by atoms with Gasteiger partial charge in [-0.25, -0.2) is 4.79 Å². The summed E-state index contributed by atoms with van der Waals surface area (Å²) < 4.78 is 5.60. The quantitative estimate of drug-likeness (QED) is 0.452. The predicted molar refractivity (Wildman–Crippen MR) is 94.4 cm³/mol. The first-order valence-corrected chi connectivity index (χ1v) is 8.53. The molecule has 5 rings (SSSR count). The first kappa shape index (κ1) is 13.6. The highest BCUT2D eigenvalue weighted by Crippen LogP contribution is 2.47. The number of para-hydroxylation sites is 1. The molecule has 1 unspecified atom stereocenters. The van der Waals surface area contributed by atoms with Crippen molar-refractivity contribution in [3.8, 4) is 0 Å². The van der Waals surface area contributed by atoms with Gasteiger partial charge in [-0.1, -0.05) is 18.2 Å². The largest absolute Gasteiger partial charge is 0.422 e. The average Bonchev–Trinajstić information content (AvgIpc) is 3.24. The molecule has 1 aliphatic rings. The molecule has 0 bridgehead atoms. The van der Waals surface area contributed by atoms with Gasteiger partial charge in [0, 0.05) is 21.5 Å². The second kappa shape index (κ2) is 4.82. The molecule has 118 valence electrons. The third kappa shape index (κ3) is 1.74. The van der Waals surface area contributed by atoms with Crippen LogP contribution in [0.3, 0.4) is 0 Å². The third-order valence-corrected chi connectivity index (χ3v) is 5.43. The number of thiophene rings is 1. The van der Waals surface area contributed by atoms with E-state index in [1.165, 1.54) is 0 Å². The van der Waals surface area contributed by atoms with Gasteiger partial charge < -0.3 is 9.73 Å². The van der Waals surface area contributed by atoms with E-state index in [-0.39, 0.29) is 11.5 Å². The van der Waals surface area contributed by atoms with Crippen molar-refractivity contribution < 1.29 is 4.42 Å². The molecule has 5 nitrogen and oxygen atoms in total. The molecule has 0 spiro atoms. The van der Waals surface area contributed by atoms with Crippen molar-refractivity contribution >= 4 is 33.8 Å². The number of aryl methyl sites for hydroxylation is 1. The summed E-state index contributed by atoms with van der Waals surface area (Å²) in [4.78, 5) is 13.9. The minimum Gasteiger partial charge on any atom is -0.422 e. The Balaban J connectivity index is 1.91. The van der Waals surface area contributed by atoms with E-state index < -0.39 is 0 Å². The summed E-state index contributed by atoms with van der Waals surface area (Å²) in [6.07, 6.45) is 0. The van der Waals surface area contributed by atoms with Gasteiger partial charge in [0.15, 0.2) is 5.82 Å². The number of hydrogen-bond donors (Lipinski definition) is 2. The van der Waals surface area contributed by atoms with Crippen LogP contribution in [-0.4, -0.2) is 10.2 Å². The summed E-state index contributed by atoms with van der Waals surface area (Å²) in [7, 11) is 0. The van der Waals surface area contributed by atoms with Gasteiger partial charge >= 0.3 is 5.63 Å². The van der Waals surface area contributed by atoms with Gasteiger partial charge in [-0.15, -0.1) is 11.3 Å². The standard InChI is InChI=1S/C18H13N3O2S/c1-9-13-14(12-7-4-8-24-12)15-16(19-17(13)21-20-9)10-5-2-3-6-11(10)23-18(15)22/h2-8,14H,1H3,(H2,19,20,21). The van der Waals surface area contributed by atoms with E-state index in [1.807, 2.05) is 42.6 Å². The van der Waals surface area contributed by atoms with Gasteiger partial charge in [0.1, 0.15) is 5.58 Å². The summed E-state index contributed by atoms with van der Waals surface area (Å²) in [6.45, 7) is 1.97. The number of nitrogens with one attached hydrogen (secondary N) is 2. The number of benzene rings is 1. The van der Waals surface area contributed by atoms with Crippen molar-refractivity contribution in [3.05, 3.63) is 73.9 Å². The van der Waals surface area contributed by atoms with E-state index >= 15 is 0 Å². The molecule has 24 heavy (non-hydrogen) atoms. The van der Waals surface area contributed by atoms with Gasteiger partial charge in [-0.05, 0) is 30.5 Å². The topological polar surface area (TPSA) is 70.9 Å². The molecule has 0 saturated heterocycles.